The van der Waals surface area contributed by atoms with Crippen LogP contribution in [0.25, 0.3) is 0 Å². The van der Waals surface area contributed by atoms with E-state index < -0.39 is 63.1 Å². The Bertz CT molecular complexity index is 4180. The molecule has 108 heavy (non-hydrogen) atoms. The maximum Gasteiger partial charge on any atom is 0.427 e. The van der Waals surface area contributed by atoms with Gasteiger partial charge in [0.15, 0.2) is 0 Å². The van der Waals surface area contributed by atoms with Crippen LogP contribution in [-0.2, 0) is 21.0 Å². The van der Waals surface area contributed by atoms with Gasteiger partial charge >= 0.3 is 23.2 Å². The molecule has 0 saturated heterocycles. The van der Waals surface area contributed by atoms with E-state index in [9.17, 15) is 32.3 Å². The van der Waals surface area contributed by atoms with Crippen molar-refractivity contribution in [2.45, 2.75) is 236 Å². The minimum Gasteiger partial charge on any atom is -0.422 e. The quantitative estimate of drug-likeness (QED) is 0.125. The standard InChI is InChI=1S/C59H52N2O8P2.C10H14.C8H18.C5H9F3.C5H12O.C5H12/c1-31-23-35(5)50-46(27-31)58(10,47-28-32(2)24-36(6)51(47)67-70(66-50)60-54(62)40-17-12-13-18-41(40)55(60)63)44-21-16-22-45(39(44)9)59(11)48-29-33(3)25-37(7)52(48)68-71(69-53-38(8)26-34(4)30-49(53)59)61-56(64)42-19-14-15-20-43(42)57(61)65;1-10(2,3)9-7-5-4-6-8-9;1-7(2,3)8(4,5)6;1-4(2,3)5(6,7)8;1-5(2,3)6-4;1-5(2,3)4/h12-30H,1-11H3;4-8H,1-3H3;1-6H3;1-3H3;1-4H3;1-4H3. The number of hydrogen-bond acceptors (Lipinski definition) is 9. The molecular formula is C92H117F3N2O9P2. The van der Waals surface area contributed by atoms with Crippen molar-refractivity contribution in [3.05, 3.63) is 257 Å². The molecule has 8 aromatic rings. The van der Waals surface area contributed by atoms with Crippen LogP contribution in [0.5, 0.6) is 23.0 Å². The van der Waals surface area contributed by atoms with Crippen LogP contribution in [0.15, 0.2) is 146 Å². The fraction of sp³-hybridized carbons (Fsp3) is 0.435. The number of rotatable bonds is 4. The van der Waals surface area contributed by atoms with Gasteiger partial charge < -0.3 is 22.8 Å². The van der Waals surface area contributed by atoms with Crippen LogP contribution in [0, 0.1) is 84.0 Å². The number of amides is 4. The Hall–Kier alpha value is -8.15. The summed E-state index contributed by atoms with van der Waals surface area (Å²) in [7, 11) is -2.99. The molecule has 0 aromatic heterocycles. The molecule has 16 heteroatoms. The van der Waals surface area contributed by atoms with E-state index in [1.807, 2.05) is 48.5 Å². The molecular weight excluding hydrogens is 1400 g/mol. The predicted molar refractivity (Wildman–Crippen MR) is 438 cm³/mol. The highest BCUT2D eigenvalue weighted by molar-refractivity contribution is 7.47. The number of ether oxygens (including phenoxy) is 1. The molecule has 8 aromatic carbocycles. The average Bonchev–Trinajstić information content (AvgIpc) is 0.872. The number of hydrogen-bond donors (Lipinski definition) is 0. The van der Waals surface area contributed by atoms with Gasteiger partial charge in [-0.15, -0.1) is 0 Å². The molecule has 0 fully saturated rings. The van der Waals surface area contributed by atoms with Crippen LogP contribution in [0.2, 0.25) is 0 Å². The van der Waals surface area contributed by atoms with E-state index in [0.717, 1.165) is 114 Å². The fourth-order valence-electron chi connectivity index (χ4n) is 12.5. The summed E-state index contributed by atoms with van der Waals surface area (Å²) in [4.78, 5) is 56.8. The third-order valence-corrected chi connectivity index (χ3v) is 22.9. The number of carbonyl (C=O) groups excluding carboxylic acids is 4. The monoisotopic (exact) mass is 1510 g/mol. The minimum atomic E-state index is -4.06. The lowest BCUT2D eigenvalue weighted by Gasteiger charge is -2.43. The molecule has 11 nitrogen and oxygen atoms in total. The van der Waals surface area contributed by atoms with Gasteiger partial charge in [-0.1, -0.05) is 254 Å². The SMILES string of the molecule is CC(C)(C)C.CC(C)(C)C(C)(C)C.CC(C)(C)C(F)(F)F.CC(C)(C)c1ccccc1.COC(C)(C)C.Cc1cc(C)c2c(c1)C(C)(c1cccc(C3(C)c4cc(C)cc(C)c4OP(N4C(=O)c5ccccc5C4=O)Oc4c(C)cc(C)cc43)c1C)c1cc(C)cc(C)c1OP(N1C(=O)c3ccccc3C1=O)O2. The van der Waals surface area contributed by atoms with Crippen LogP contribution < -0.4 is 18.1 Å². The van der Waals surface area contributed by atoms with Gasteiger partial charge in [0.2, 0.25) is 0 Å². The summed E-state index contributed by atoms with van der Waals surface area (Å²) < 4.78 is 70.1. The van der Waals surface area contributed by atoms with Crippen LogP contribution in [0.1, 0.15) is 276 Å². The number of methoxy groups -OCH3 is 1. The average molecular weight is 1510 g/mol. The van der Waals surface area contributed by atoms with Crippen molar-refractivity contribution in [1.29, 1.82) is 0 Å². The number of imide groups is 2. The number of aryl methyl sites for hydroxylation is 8. The van der Waals surface area contributed by atoms with Crippen molar-refractivity contribution in [2.24, 2.45) is 21.7 Å². The maximum absolute atomic E-state index is 14.2. The topological polar surface area (TPSA) is 121 Å². The lowest BCUT2D eigenvalue weighted by atomic mass is 9.63. The van der Waals surface area contributed by atoms with E-state index in [-0.39, 0.29) is 5.60 Å². The molecule has 0 N–H and O–H groups in total. The van der Waals surface area contributed by atoms with Gasteiger partial charge in [-0.2, -0.15) is 22.5 Å². The Morgan fingerprint density at radius 1 is 0.352 bits per heavy atom. The highest BCUT2D eigenvalue weighted by atomic mass is 31.2. The molecule has 4 aliphatic heterocycles. The number of alkyl halides is 3. The first-order chi connectivity index (χ1) is 49.5. The summed E-state index contributed by atoms with van der Waals surface area (Å²) in [6, 6.07) is 47.5. The van der Waals surface area contributed by atoms with Crippen LogP contribution >= 0.6 is 17.1 Å². The Labute approximate surface area is 646 Å². The largest absolute Gasteiger partial charge is 0.427 e. The molecule has 0 bridgehead atoms. The Balaban J connectivity index is 0.000000359. The summed E-state index contributed by atoms with van der Waals surface area (Å²) in [6.45, 7) is 61.4. The molecule has 0 spiro atoms. The summed E-state index contributed by atoms with van der Waals surface area (Å²) in [5, 5.41) is 0. The second-order valence-corrected chi connectivity index (χ2v) is 38.5. The zero-order chi connectivity index (χ0) is 81.5. The van der Waals surface area contributed by atoms with Crippen molar-refractivity contribution in [3.63, 3.8) is 0 Å². The smallest absolute Gasteiger partial charge is 0.422 e. The lowest BCUT2D eigenvalue weighted by molar-refractivity contribution is -0.204. The first-order valence-electron chi connectivity index (χ1n) is 37.0. The predicted octanol–water partition coefficient (Wildman–Crippen LogP) is 25.9. The molecule has 0 atom stereocenters. The zero-order valence-electron chi connectivity index (χ0n) is 70.0. The normalized spacial score (nSPS) is 18.2. The lowest BCUT2D eigenvalue weighted by Crippen LogP contribution is -2.35. The van der Waals surface area contributed by atoms with E-state index >= 15 is 0 Å². The first-order valence-corrected chi connectivity index (χ1v) is 39.3. The summed E-state index contributed by atoms with van der Waals surface area (Å²) >= 11 is 0. The van der Waals surface area contributed by atoms with Gasteiger partial charge in [0.25, 0.3) is 23.6 Å². The van der Waals surface area contributed by atoms with Gasteiger partial charge in [-0.3, -0.25) is 19.2 Å². The van der Waals surface area contributed by atoms with E-state index in [1.165, 1.54) is 5.56 Å². The Kier molecular flexibility index (Phi) is 26.1. The Morgan fingerprint density at radius 2 is 0.583 bits per heavy atom. The maximum atomic E-state index is 14.2. The summed E-state index contributed by atoms with van der Waals surface area (Å²) in [6.07, 6.45) is -4.06. The number of carbonyl (C=O) groups is 4. The highest BCUT2D eigenvalue weighted by Crippen LogP contribution is 2.62. The van der Waals surface area contributed by atoms with Gasteiger partial charge in [-0.05, 0) is 187 Å². The van der Waals surface area contributed by atoms with E-state index in [4.69, 9.17) is 22.8 Å². The molecule has 0 radical (unpaired) electrons. The van der Waals surface area contributed by atoms with Crippen LogP contribution in [0.4, 0.5) is 13.2 Å². The fourth-order valence-corrected chi connectivity index (χ4v) is 15.5. The summed E-state index contributed by atoms with van der Waals surface area (Å²) in [5.74, 6) is 0.272. The number of nitrogens with zero attached hydrogens (tertiary/aromatic N) is 2. The second kappa shape index (κ2) is 32.4. The number of halogens is 3. The van der Waals surface area contributed by atoms with E-state index in [0.29, 0.717) is 66.9 Å². The summed E-state index contributed by atoms with van der Waals surface area (Å²) in [5.41, 5.74) is 14.6. The van der Waals surface area contributed by atoms with E-state index in [1.54, 1.807) is 55.6 Å². The third kappa shape index (κ3) is 19.2. The number of benzene rings is 8. The molecule has 0 aliphatic carbocycles. The van der Waals surface area contributed by atoms with Gasteiger partial charge in [-0.25, -0.2) is 0 Å². The molecule has 4 aliphatic rings. The van der Waals surface area contributed by atoms with E-state index in [2.05, 4.69) is 236 Å². The van der Waals surface area contributed by atoms with Gasteiger partial charge in [0.05, 0.1) is 33.3 Å². The van der Waals surface area contributed by atoms with Crippen molar-refractivity contribution in [2.75, 3.05) is 7.11 Å². The van der Waals surface area contributed by atoms with Crippen molar-refractivity contribution >= 4 is 40.7 Å². The molecule has 4 amide bonds. The van der Waals surface area contributed by atoms with Gasteiger partial charge in [0.1, 0.15) is 23.0 Å². The van der Waals surface area contributed by atoms with Crippen molar-refractivity contribution in [3.8, 4) is 23.0 Å². The third-order valence-electron chi connectivity index (χ3n) is 20.1. The molecule has 4 heterocycles. The van der Waals surface area contributed by atoms with Crippen LogP contribution in [-0.4, -0.2) is 51.9 Å². The highest BCUT2D eigenvalue weighted by Gasteiger charge is 2.52. The minimum absolute atomic E-state index is 0.0417. The number of fused-ring (bicyclic) bond motifs is 6. The Morgan fingerprint density at radius 3 is 0.778 bits per heavy atom. The molecule has 12 rings (SSSR count). The molecule has 0 saturated carbocycles. The second-order valence-electron chi connectivity index (χ2n) is 36.0. The van der Waals surface area contributed by atoms with Gasteiger partial charge in [0, 0.05) is 40.2 Å². The molecule has 0 unspecified atom stereocenters. The zero-order valence-corrected chi connectivity index (χ0v) is 71.7. The van der Waals surface area contributed by atoms with Crippen LogP contribution in [0.3, 0.4) is 0 Å². The molecule has 580 valence electrons. The van der Waals surface area contributed by atoms with Crippen molar-refractivity contribution in [1.82, 2.24) is 9.34 Å². The van der Waals surface area contributed by atoms with Crippen molar-refractivity contribution < 1.29 is 55.2 Å². The first kappa shape index (κ1) is 87.1.